The fourth-order valence-electron chi connectivity index (χ4n) is 3.16. The first kappa shape index (κ1) is 16.5. The molecule has 0 saturated carbocycles. The van der Waals surface area contributed by atoms with Gasteiger partial charge in [-0.25, -0.2) is 8.42 Å². The van der Waals surface area contributed by atoms with E-state index >= 15 is 0 Å². The van der Waals surface area contributed by atoms with E-state index in [4.69, 9.17) is 11.6 Å². The lowest BCUT2D eigenvalue weighted by molar-refractivity contribution is 0.396. The third-order valence-corrected chi connectivity index (χ3v) is 6.69. The van der Waals surface area contributed by atoms with Crippen molar-refractivity contribution in [3.8, 4) is 0 Å². The first-order chi connectivity index (χ1) is 10.9. The molecule has 1 saturated heterocycles. The number of aryl methyl sites for hydroxylation is 2. The molecule has 23 heavy (non-hydrogen) atoms. The van der Waals surface area contributed by atoms with Crippen LogP contribution in [0.2, 0.25) is 5.02 Å². The molecule has 1 fully saturated rings. The Morgan fingerprint density at radius 3 is 2.48 bits per heavy atom. The fraction of sp³-hybridized carbons (Fsp3) is 0.333. The summed E-state index contributed by atoms with van der Waals surface area (Å²) in [5.41, 5.74) is 2.74. The van der Waals surface area contributed by atoms with Gasteiger partial charge in [0.1, 0.15) is 0 Å². The summed E-state index contributed by atoms with van der Waals surface area (Å²) in [7, 11) is -3.50. The molecule has 1 atom stereocenters. The van der Waals surface area contributed by atoms with Gasteiger partial charge in [0.05, 0.1) is 10.9 Å². The molecule has 2 aromatic carbocycles. The van der Waals surface area contributed by atoms with Gasteiger partial charge in [-0.05, 0) is 61.6 Å². The summed E-state index contributed by atoms with van der Waals surface area (Å²) in [6, 6.07) is 12.9. The summed E-state index contributed by atoms with van der Waals surface area (Å²) in [6.07, 6.45) is 1.71. The predicted molar refractivity (Wildman–Crippen MR) is 93.2 cm³/mol. The molecule has 0 radical (unpaired) electrons. The minimum absolute atomic E-state index is 0.114. The maximum Gasteiger partial charge on any atom is 0.243 e. The van der Waals surface area contributed by atoms with E-state index in [1.165, 1.54) is 0 Å². The van der Waals surface area contributed by atoms with E-state index in [-0.39, 0.29) is 6.04 Å². The number of hydrogen-bond acceptors (Lipinski definition) is 2. The van der Waals surface area contributed by atoms with Crippen molar-refractivity contribution in [3.63, 3.8) is 0 Å². The number of sulfonamides is 1. The van der Waals surface area contributed by atoms with Crippen molar-refractivity contribution in [2.75, 3.05) is 6.54 Å². The molecule has 0 unspecified atom stereocenters. The molecule has 5 heteroatoms. The van der Waals surface area contributed by atoms with Crippen molar-refractivity contribution in [1.82, 2.24) is 4.31 Å². The summed E-state index contributed by atoms with van der Waals surface area (Å²) in [5.74, 6) is 0. The summed E-state index contributed by atoms with van der Waals surface area (Å²) < 4.78 is 28.0. The first-order valence-corrected chi connectivity index (χ1v) is 9.56. The molecule has 0 aliphatic carbocycles. The number of nitrogens with zero attached hydrogens (tertiary/aromatic N) is 1. The first-order valence-electron chi connectivity index (χ1n) is 7.74. The quantitative estimate of drug-likeness (QED) is 0.819. The lowest BCUT2D eigenvalue weighted by Gasteiger charge is -2.25. The van der Waals surface area contributed by atoms with Crippen LogP contribution in [0.25, 0.3) is 0 Å². The Labute approximate surface area is 142 Å². The van der Waals surface area contributed by atoms with Crippen LogP contribution in [0, 0.1) is 13.8 Å². The van der Waals surface area contributed by atoms with Gasteiger partial charge in [-0.3, -0.25) is 0 Å². The zero-order chi connectivity index (χ0) is 16.6. The minimum atomic E-state index is -3.50. The van der Waals surface area contributed by atoms with Crippen molar-refractivity contribution < 1.29 is 8.42 Å². The van der Waals surface area contributed by atoms with E-state index in [2.05, 4.69) is 0 Å². The monoisotopic (exact) mass is 349 g/mol. The van der Waals surface area contributed by atoms with Crippen LogP contribution in [0.5, 0.6) is 0 Å². The van der Waals surface area contributed by atoms with Gasteiger partial charge in [-0.1, -0.05) is 35.9 Å². The lowest BCUT2D eigenvalue weighted by atomic mass is 10.1. The molecule has 1 heterocycles. The molecule has 1 aliphatic rings. The van der Waals surface area contributed by atoms with E-state index in [1.54, 1.807) is 10.4 Å². The number of hydrogen-bond donors (Lipinski definition) is 0. The molecule has 0 aromatic heterocycles. The molecule has 0 spiro atoms. The summed E-state index contributed by atoms with van der Waals surface area (Å²) in [5, 5.41) is 0.663. The van der Waals surface area contributed by atoms with Crippen molar-refractivity contribution in [3.05, 3.63) is 64.2 Å². The van der Waals surface area contributed by atoms with Crippen LogP contribution in [0.1, 0.15) is 35.6 Å². The largest absolute Gasteiger partial charge is 0.243 e. The van der Waals surface area contributed by atoms with Gasteiger partial charge in [-0.2, -0.15) is 4.31 Å². The molecular formula is C18H20ClNO2S. The van der Waals surface area contributed by atoms with E-state index in [0.717, 1.165) is 29.5 Å². The highest BCUT2D eigenvalue weighted by Gasteiger charge is 2.36. The summed E-state index contributed by atoms with van der Waals surface area (Å²) in [4.78, 5) is 0.415. The maximum absolute atomic E-state index is 13.2. The Kier molecular flexibility index (Phi) is 4.50. The Hall–Kier alpha value is -1.36. The molecule has 1 aliphatic heterocycles. The van der Waals surface area contributed by atoms with Crippen molar-refractivity contribution in [1.29, 1.82) is 0 Å². The van der Waals surface area contributed by atoms with Gasteiger partial charge >= 0.3 is 0 Å². The third-order valence-electron chi connectivity index (χ3n) is 4.39. The Morgan fingerprint density at radius 2 is 1.78 bits per heavy atom. The SMILES string of the molecule is Cc1ccc(C)c(S(=O)(=O)N2CCC[C@H]2c2ccc(Cl)cc2)c1. The van der Waals surface area contributed by atoms with Crippen LogP contribution >= 0.6 is 11.6 Å². The second-order valence-electron chi connectivity index (χ2n) is 6.09. The van der Waals surface area contributed by atoms with E-state index < -0.39 is 10.0 Å². The van der Waals surface area contributed by atoms with Crippen LogP contribution in [0.15, 0.2) is 47.4 Å². The van der Waals surface area contributed by atoms with E-state index in [1.807, 2.05) is 50.2 Å². The minimum Gasteiger partial charge on any atom is -0.207 e. The predicted octanol–water partition coefficient (Wildman–Crippen LogP) is 4.48. The average molecular weight is 350 g/mol. The van der Waals surface area contributed by atoms with Crippen LogP contribution in [-0.2, 0) is 10.0 Å². The molecular weight excluding hydrogens is 330 g/mol. The van der Waals surface area contributed by atoms with Crippen LogP contribution < -0.4 is 0 Å². The average Bonchev–Trinajstić information content (AvgIpc) is 3.00. The molecule has 2 aromatic rings. The Morgan fingerprint density at radius 1 is 1.09 bits per heavy atom. The maximum atomic E-state index is 13.2. The number of rotatable bonds is 3. The number of benzene rings is 2. The van der Waals surface area contributed by atoms with Gasteiger partial charge in [-0.15, -0.1) is 0 Å². The van der Waals surface area contributed by atoms with Crippen LogP contribution in [0.4, 0.5) is 0 Å². The van der Waals surface area contributed by atoms with Crippen LogP contribution in [-0.4, -0.2) is 19.3 Å². The standard InChI is InChI=1S/C18H20ClNO2S/c1-13-5-6-14(2)18(12-13)23(21,22)20-11-3-4-17(20)15-7-9-16(19)10-8-15/h5-10,12,17H,3-4,11H2,1-2H3/t17-/m0/s1. The van der Waals surface area contributed by atoms with Gasteiger partial charge in [0.25, 0.3) is 0 Å². The summed E-state index contributed by atoms with van der Waals surface area (Å²) in [6.45, 7) is 4.32. The van der Waals surface area contributed by atoms with Crippen molar-refractivity contribution >= 4 is 21.6 Å². The fourth-order valence-corrected chi connectivity index (χ4v) is 5.28. The van der Waals surface area contributed by atoms with Crippen LogP contribution in [0.3, 0.4) is 0 Å². The molecule has 0 amide bonds. The number of halogens is 1. The zero-order valence-electron chi connectivity index (χ0n) is 13.3. The highest BCUT2D eigenvalue weighted by molar-refractivity contribution is 7.89. The van der Waals surface area contributed by atoms with Gasteiger partial charge in [0, 0.05) is 11.6 Å². The molecule has 122 valence electrons. The second kappa shape index (κ2) is 6.27. The van der Waals surface area contributed by atoms with Crippen molar-refractivity contribution in [2.45, 2.75) is 37.6 Å². The zero-order valence-corrected chi connectivity index (χ0v) is 14.9. The van der Waals surface area contributed by atoms with E-state index in [0.29, 0.717) is 16.5 Å². The molecule has 0 bridgehead atoms. The van der Waals surface area contributed by atoms with Gasteiger partial charge in [0.2, 0.25) is 10.0 Å². The highest BCUT2D eigenvalue weighted by Crippen LogP contribution is 2.37. The normalized spacial score (nSPS) is 19.2. The van der Waals surface area contributed by atoms with Gasteiger partial charge in [0.15, 0.2) is 0 Å². The molecule has 3 nitrogen and oxygen atoms in total. The molecule has 3 rings (SSSR count). The summed E-state index contributed by atoms with van der Waals surface area (Å²) >= 11 is 5.95. The Bertz CT molecular complexity index is 815. The Balaban J connectivity index is 2.01. The van der Waals surface area contributed by atoms with Gasteiger partial charge < -0.3 is 0 Å². The molecule has 0 N–H and O–H groups in total. The van der Waals surface area contributed by atoms with E-state index in [9.17, 15) is 8.42 Å². The third kappa shape index (κ3) is 3.16. The van der Waals surface area contributed by atoms with Crippen molar-refractivity contribution in [2.24, 2.45) is 0 Å². The smallest absolute Gasteiger partial charge is 0.207 e. The topological polar surface area (TPSA) is 37.4 Å². The lowest BCUT2D eigenvalue weighted by Crippen LogP contribution is -2.31. The highest BCUT2D eigenvalue weighted by atomic mass is 35.5. The second-order valence-corrected chi connectivity index (χ2v) is 8.39.